The predicted molar refractivity (Wildman–Crippen MR) is 104 cm³/mol. The van der Waals surface area contributed by atoms with Crippen LogP contribution < -0.4 is 10.2 Å². The first-order chi connectivity index (χ1) is 12.7. The minimum atomic E-state index is -0.107. The van der Waals surface area contributed by atoms with Crippen molar-refractivity contribution in [2.24, 2.45) is 0 Å². The molecule has 1 amide bonds. The van der Waals surface area contributed by atoms with Crippen molar-refractivity contribution in [3.63, 3.8) is 0 Å². The van der Waals surface area contributed by atoms with Crippen LogP contribution in [0.5, 0.6) is 0 Å². The first-order valence-electron chi connectivity index (χ1n) is 8.28. The first kappa shape index (κ1) is 17.2. The Morgan fingerprint density at radius 2 is 2.08 bits per heavy atom. The number of morpholine rings is 1. The standard InChI is InChI=1S/C18H17ClN4O2S/c1-20-17(24)12-4-2-3-11(9-12)14-10-13-15(26-14)16(22-18(19)21-13)23-5-7-25-8-6-23/h2-4,9-10H,5-8H2,1H3,(H,20,24). The zero-order chi connectivity index (χ0) is 18.1. The number of thiophene rings is 1. The van der Waals surface area contributed by atoms with Crippen LogP contribution in [0.25, 0.3) is 20.7 Å². The van der Waals surface area contributed by atoms with Crippen LogP contribution in [0.3, 0.4) is 0 Å². The normalized spacial score (nSPS) is 14.6. The van der Waals surface area contributed by atoms with Gasteiger partial charge in [-0.25, -0.2) is 4.98 Å². The second-order valence-electron chi connectivity index (χ2n) is 5.90. The molecule has 3 aromatic rings. The van der Waals surface area contributed by atoms with E-state index >= 15 is 0 Å². The number of aromatic nitrogens is 2. The van der Waals surface area contributed by atoms with Crippen molar-refractivity contribution in [1.82, 2.24) is 15.3 Å². The molecule has 0 radical (unpaired) electrons. The number of carbonyl (C=O) groups is 1. The Morgan fingerprint density at radius 1 is 1.27 bits per heavy atom. The number of fused-ring (bicyclic) bond motifs is 1. The predicted octanol–water partition coefficient (Wildman–Crippen LogP) is 3.21. The number of nitrogens with zero attached hydrogens (tertiary/aromatic N) is 3. The molecule has 1 fully saturated rings. The summed E-state index contributed by atoms with van der Waals surface area (Å²) in [5, 5.41) is 2.89. The maximum atomic E-state index is 11.9. The maximum Gasteiger partial charge on any atom is 0.251 e. The van der Waals surface area contributed by atoms with Gasteiger partial charge in [-0.3, -0.25) is 4.79 Å². The van der Waals surface area contributed by atoms with Crippen molar-refractivity contribution >= 4 is 44.9 Å². The highest BCUT2D eigenvalue weighted by atomic mass is 35.5. The van der Waals surface area contributed by atoms with Crippen LogP contribution in [0.2, 0.25) is 5.28 Å². The Labute approximate surface area is 159 Å². The van der Waals surface area contributed by atoms with Crippen LogP contribution in [-0.2, 0) is 4.74 Å². The zero-order valence-electron chi connectivity index (χ0n) is 14.2. The zero-order valence-corrected chi connectivity index (χ0v) is 15.7. The summed E-state index contributed by atoms with van der Waals surface area (Å²) < 4.78 is 6.43. The van der Waals surface area contributed by atoms with Crippen molar-refractivity contribution in [3.05, 3.63) is 41.2 Å². The molecule has 1 aliphatic heterocycles. The number of amides is 1. The molecule has 0 atom stereocenters. The molecule has 134 valence electrons. The summed E-state index contributed by atoms with van der Waals surface area (Å²) in [4.78, 5) is 24.0. The lowest BCUT2D eigenvalue weighted by atomic mass is 10.1. The van der Waals surface area contributed by atoms with Crippen LogP contribution in [0.15, 0.2) is 30.3 Å². The van der Waals surface area contributed by atoms with E-state index in [2.05, 4.69) is 20.2 Å². The van der Waals surface area contributed by atoms with Crippen LogP contribution in [0.4, 0.5) is 5.82 Å². The van der Waals surface area contributed by atoms with Crippen molar-refractivity contribution < 1.29 is 9.53 Å². The summed E-state index contributed by atoms with van der Waals surface area (Å²) in [6, 6.07) is 9.55. The highest BCUT2D eigenvalue weighted by Gasteiger charge is 2.19. The number of anilines is 1. The summed E-state index contributed by atoms with van der Waals surface area (Å²) in [7, 11) is 1.63. The molecule has 1 saturated heterocycles. The van der Waals surface area contributed by atoms with E-state index in [4.69, 9.17) is 16.3 Å². The second-order valence-corrected chi connectivity index (χ2v) is 7.29. The molecule has 1 aliphatic rings. The van der Waals surface area contributed by atoms with E-state index in [9.17, 15) is 4.79 Å². The van der Waals surface area contributed by atoms with Crippen LogP contribution in [-0.4, -0.2) is 49.2 Å². The Morgan fingerprint density at radius 3 is 2.85 bits per heavy atom. The topological polar surface area (TPSA) is 67.4 Å². The number of carbonyl (C=O) groups excluding carboxylic acids is 1. The summed E-state index contributed by atoms with van der Waals surface area (Å²) >= 11 is 7.77. The highest BCUT2D eigenvalue weighted by Crippen LogP contribution is 2.38. The van der Waals surface area contributed by atoms with Gasteiger partial charge in [-0.2, -0.15) is 4.98 Å². The van der Waals surface area contributed by atoms with Gasteiger partial charge in [0.25, 0.3) is 5.91 Å². The van der Waals surface area contributed by atoms with E-state index in [1.807, 2.05) is 24.3 Å². The fraction of sp³-hybridized carbons (Fsp3) is 0.278. The number of hydrogen-bond acceptors (Lipinski definition) is 6. The number of nitrogens with one attached hydrogen (secondary N) is 1. The Bertz CT molecular complexity index is 969. The third-order valence-electron chi connectivity index (χ3n) is 4.27. The Balaban J connectivity index is 1.79. The molecule has 8 heteroatoms. The molecule has 1 aromatic carbocycles. The van der Waals surface area contributed by atoms with Gasteiger partial charge >= 0.3 is 0 Å². The quantitative estimate of drug-likeness (QED) is 0.698. The molecule has 0 bridgehead atoms. The number of halogens is 1. The average Bonchev–Trinajstić information content (AvgIpc) is 3.11. The molecule has 6 nitrogen and oxygen atoms in total. The summed E-state index contributed by atoms with van der Waals surface area (Å²) in [5.74, 6) is 0.742. The van der Waals surface area contributed by atoms with Gasteiger partial charge in [-0.05, 0) is 35.4 Å². The molecule has 3 heterocycles. The van der Waals surface area contributed by atoms with Crippen molar-refractivity contribution in [3.8, 4) is 10.4 Å². The number of benzene rings is 1. The van der Waals surface area contributed by atoms with Gasteiger partial charge in [-0.15, -0.1) is 11.3 Å². The molecule has 4 rings (SSSR count). The number of hydrogen-bond donors (Lipinski definition) is 1. The molecule has 0 saturated carbocycles. The lowest BCUT2D eigenvalue weighted by Gasteiger charge is -2.28. The van der Waals surface area contributed by atoms with Gasteiger partial charge < -0.3 is 15.0 Å². The summed E-state index contributed by atoms with van der Waals surface area (Å²) in [6.45, 7) is 2.91. The SMILES string of the molecule is CNC(=O)c1cccc(-c2cc3nc(Cl)nc(N4CCOCC4)c3s2)c1. The number of ether oxygens (including phenoxy) is 1. The third kappa shape index (κ3) is 3.25. The summed E-state index contributed by atoms with van der Waals surface area (Å²) in [6.07, 6.45) is 0. The van der Waals surface area contributed by atoms with E-state index in [1.54, 1.807) is 24.5 Å². The van der Waals surface area contributed by atoms with Gasteiger partial charge in [0.2, 0.25) is 5.28 Å². The van der Waals surface area contributed by atoms with Crippen molar-refractivity contribution in [2.45, 2.75) is 0 Å². The van der Waals surface area contributed by atoms with Gasteiger partial charge in [0.15, 0.2) is 5.82 Å². The van der Waals surface area contributed by atoms with Gasteiger partial charge in [0, 0.05) is 30.6 Å². The largest absolute Gasteiger partial charge is 0.378 e. The van der Waals surface area contributed by atoms with Crippen molar-refractivity contribution in [1.29, 1.82) is 0 Å². The molecule has 0 spiro atoms. The second kappa shape index (κ2) is 7.19. The summed E-state index contributed by atoms with van der Waals surface area (Å²) in [5.41, 5.74) is 2.41. The molecular weight excluding hydrogens is 372 g/mol. The van der Waals surface area contributed by atoms with E-state index < -0.39 is 0 Å². The van der Waals surface area contributed by atoms with Gasteiger partial charge in [0.1, 0.15) is 0 Å². The van der Waals surface area contributed by atoms with E-state index in [0.717, 1.165) is 39.6 Å². The molecule has 0 unspecified atom stereocenters. The Kier molecular flexibility index (Phi) is 4.76. The van der Waals surface area contributed by atoms with E-state index in [1.165, 1.54) is 0 Å². The molecule has 26 heavy (non-hydrogen) atoms. The average molecular weight is 389 g/mol. The van der Waals surface area contributed by atoms with Crippen molar-refractivity contribution in [2.75, 3.05) is 38.3 Å². The highest BCUT2D eigenvalue weighted by molar-refractivity contribution is 7.22. The maximum absolute atomic E-state index is 11.9. The van der Waals surface area contributed by atoms with E-state index in [-0.39, 0.29) is 11.2 Å². The minimum Gasteiger partial charge on any atom is -0.378 e. The molecule has 0 aliphatic carbocycles. The molecule has 1 N–H and O–H groups in total. The third-order valence-corrected chi connectivity index (χ3v) is 5.61. The van der Waals surface area contributed by atoms with Crippen LogP contribution >= 0.6 is 22.9 Å². The van der Waals surface area contributed by atoms with Crippen LogP contribution in [0, 0.1) is 0 Å². The molecular formula is C18H17ClN4O2S. The van der Waals surface area contributed by atoms with E-state index in [0.29, 0.717) is 18.8 Å². The fourth-order valence-corrected chi connectivity index (χ4v) is 4.26. The fourth-order valence-electron chi connectivity index (χ4n) is 2.98. The number of rotatable bonds is 3. The van der Waals surface area contributed by atoms with Gasteiger partial charge in [0.05, 0.1) is 23.4 Å². The lowest BCUT2D eigenvalue weighted by Crippen LogP contribution is -2.36. The smallest absolute Gasteiger partial charge is 0.251 e. The Hall–Kier alpha value is -2.22. The van der Waals surface area contributed by atoms with Gasteiger partial charge in [-0.1, -0.05) is 12.1 Å². The van der Waals surface area contributed by atoms with Crippen LogP contribution in [0.1, 0.15) is 10.4 Å². The molecule has 2 aromatic heterocycles. The monoisotopic (exact) mass is 388 g/mol. The first-order valence-corrected chi connectivity index (χ1v) is 9.47. The lowest BCUT2D eigenvalue weighted by molar-refractivity contribution is 0.0963. The minimum absolute atomic E-state index is 0.107.